The highest BCUT2D eigenvalue weighted by molar-refractivity contribution is 6.35. The highest BCUT2D eigenvalue weighted by Crippen LogP contribution is 2.25. The molecule has 1 aromatic carbocycles. The van der Waals surface area contributed by atoms with Crippen LogP contribution < -0.4 is 20.3 Å². The van der Waals surface area contributed by atoms with Gasteiger partial charge in [-0.3, -0.25) is 14.5 Å². The number of carbonyl (C=O) groups is 2. The summed E-state index contributed by atoms with van der Waals surface area (Å²) in [6.45, 7) is 4.71. The Morgan fingerprint density at radius 3 is 2.34 bits per heavy atom. The number of likely N-dealkylation sites (N-methyl/N-ethyl adjacent to an activating group) is 1. The summed E-state index contributed by atoms with van der Waals surface area (Å²) in [5, 5.41) is 5.41. The number of hydrogen-bond donors (Lipinski definition) is 2. The summed E-state index contributed by atoms with van der Waals surface area (Å²) < 4.78 is 10.9. The van der Waals surface area contributed by atoms with Crippen LogP contribution in [0.15, 0.2) is 47.1 Å². The first kappa shape index (κ1) is 23.6. The zero-order chi connectivity index (χ0) is 22.9. The molecule has 1 aliphatic rings. The number of nitrogens with zero attached hydrogens (tertiary/aromatic N) is 3. The number of amides is 2. The van der Waals surface area contributed by atoms with Gasteiger partial charge in [0.15, 0.2) is 0 Å². The van der Waals surface area contributed by atoms with Crippen LogP contribution in [0.25, 0.3) is 0 Å². The molecule has 3 rings (SSSR count). The van der Waals surface area contributed by atoms with Gasteiger partial charge >= 0.3 is 11.8 Å². The van der Waals surface area contributed by atoms with Gasteiger partial charge in [0.1, 0.15) is 11.5 Å². The van der Waals surface area contributed by atoms with Gasteiger partial charge in [-0.15, -0.1) is 0 Å². The van der Waals surface area contributed by atoms with E-state index in [4.69, 9.17) is 9.15 Å². The van der Waals surface area contributed by atoms with E-state index in [0.29, 0.717) is 19.6 Å². The van der Waals surface area contributed by atoms with E-state index in [9.17, 15) is 9.59 Å². The van der Waals surface area contributed by atoms with Crippen molar-refractivity contribution in [3.05, 3.63) is 48.4 Å². The highest BCUT2D eigenvalue weighted by Gasteiger charge is 2.28. The normalized spacial score (nSPS) is 15.4. The Kier molecular flexibility index (Phi) is 8.52. The number of furan rings is 1. The molecule has 1 aromatic heterocycles. The van der Waals surface area contributed by atoms with Crippen LogP contribution in [0.1, 0.15) is 11.8 Å². The van der Waals surface area contributed by atoms with Crippen molar-refractivity contribution in [1.82, 2.24) is 20.4 Å². The van der Waals surface area contributed by atoms with Crippen LogP contribution in [0, 0.1) is 0 Å². The molecule has 2 N–H and O–H groups in total. The molecule has 2 aromatic rings. The minimum Gasteiger partial charge on any atom is -0.497 e. The monoisotopic (exact) mass is 443 g/mol. The number of hydrogen-bond acceptors (Lipinski definition) is 7. The Bertz CT molecular complexity index is 846. The third-order valence-electron chi connectivity index (χ3n) is 5.57. The van der Waals surface area contributed by atoms with Gasteiger partial charge in [0.25, 0.3) is 0 Å². The molecular formula is C23H33N5O4. The molecular weight excluding hydrogens is 410 g/mol. The SMILES string of the molecule is COc1ccc(N2CCN(C(CNC(=O)C(=O)NCCN(C)C)c3ccco3)CC2)cc1. The van der Waals surface area contributed by atoms with Crippen molar-refractivity contribution in [2.75, 3.05) is 71.9 Å². The lowest BCUT2D eigenvalue weighted by atomic mass is 10.1. The lowest BCUT2D eigenvalue weighted by molar-refractivity contribution is -0.139. The summed E-state index contributed by atoms with van der Waals surface area (Å²) in [6, 6.07) is 11.7. The van der Waals surface area contributed by atoms with Crippen LogP contribution in [0.2, 0.25) is 0 Å². The number of carbonyl (C=O) groups excluding carboxylic acids is 2. The number of piperazine rings is 1. The number of anilines is 1. The Labute approximate surface area is 189 Å². The van der Waals surface area contributed by atoms with Crippen molar-refractivity contribution in [1.29, 1.82) is 0 Å². The summed E-state index contributed by atoms with van der Waals surface area (Å²) in [5.41, 5.74) is 1.16. The molecule has 9 nitrogen and oxygen atoms in total. The zero-order valence-corrected chi connectivity index (χ0v) is 19.0. The molecule has 174 valence electrons. The van der Waals surface area contributed by atoms with Crippen molar-refractivity contribution in [3.8, 4) is 5.75 Å². The Balaban J connectivity index is 1.55. The molecule has 9 heteroatoms. The van der Waals surface area contributed by atoms with E-state index in [1.165, 1.54) is 0 Å². The molecule has 0 bridgehead atoms. The number of nitrogens with one attached hydrogen (secondary N) is 2. The van der Waals surface area contributed by atoms with E-state index >= 15 is 0 Å². The van der Waals surface area contributed by atoms with Crippen LogP contribution in [0.4, 0.5) is 5.69 Å². The van der Waals surface area contributed by atoms with Gasteiger partial charge in [0.2, 0.25) is 0 Å². The molecule has 1 aliphatic heterocycles. The number of ether oxygens (including phenoxy) is 1. The number of benzene rings is 1. The van der Waals surface area contributed by atoms with E-state index in [2.05, 4.69) is 32.6 Å². The minimum absolute atomic E-state index is 0.137. The first-order chi connectivity index (χ1) is 15.5. The average molecular weight is 444 g/mol. The van der Waals surface area contributed by atoms with Crippen LogP contribution >= 0.6 is 0 Å². The molecule has 0 aliphatic carbocycles. The first-order valence-electron chi connectivity index (χ1n) is 10.8. The van der Waals surface area contributed by atoms with Crippen molar-refractivity contribution in [3.63, 3.8) is 0 Å². The Hall–Kier alpha value is -3.04. The maximum absolute atomic E-state index is 12.3. The van der Waals surface area contributed by atoms with Gasteiger partial charge in [-0.1, -0.05) is 0 Å². The van der Waals surface area contributed by atoms with Gasteiger partial charge < -0.3 is 29.6 Å². The second kappa shape index (κ2) is 11.5. The summed E-state index contributed by atoms with van der Waals surface area (Å²) in [4.78, 5) is 30.9. The quantitative estimate of drug-likeness (QED) is 0.558. The Morgan fingerprint density at radius 1 is 1.06 bits per heavy atom. The summed E-state index contributed by atoms with van der Waals surface area (Å²) in [5.74, 6) is 0.370. The molecule has 1 unspecified atom stereocenters. The molecule has 32 heavy (non-hydrogen) atoms. The predicted molar refractivity (Wildman–Crippen MR) is 123 cm³/mol. The number of rotatable bonds is 9. The maximum Gasteiger partial charge on any atom is 0.309 e. The van der Waals surface area contributed by atoms with Crippen LogP contribution in [0.5, 0.6) is 5.75 Å². The number of methoxy groups -OCH3 is 1. The molecule has 1 atom stereocenters. The summed E-state index contributed by atoms with van der Waals surface area (Å²) in [7, 11) is 5.48. The fraction of sp³-hybridized carbons (Fsp3) is 0.478. The van der Waals surface area contributed by atoms with Gasteiger partial charge in [0, 0.05) is 51.5 Å². The van der Waals surface area contributed by atoms with Crippen LogP contribution in [0.3, 0.4) is 0 Å². The van der Waals surface area contributed by atoms with Crippen LogP contribution in [-0.2, 0) is 9.59 Å². The second-order valence-electron chi connectivity index (χ2n) is 8.02. The van der Waals surface area contributed by atoms with Gasteiger partial charge in [-0.2, -0.15) is 0 Å². The topological polar surface area (TPSA) is 90.3 Å². The predicted octanol–water partition coefficient (Wildman–Crippen LogP) is 0.946. The molecule has 0 spiro atoms. The molecule has 0 saturated carbocycles. The highest BCUT2D eigenvalue weighted by atomic mass is 16.5. The van der Waals surface area contributed by atoms with E-state index < -0.39 is 11.8 Å². The zero-order valence-electron chi connectivity index (χ0n) is 19.0. The summed E-state index contributed by atoms with van der Waals surface area (Å²) in [6.07, 6.45) is 1.63. The van der Waals surface area contributed by atoms with E-state index in [-0.39, 0.29) is 6.04 Å². The largest absolute Gasteiger partial charge is 0.497 e. The fourth-order valence-corrected chi connectivity index (χ4v) is 3.72. The molecule has 0 radical (unpaired) electrons. The van der Waals surface area contributed by atoms with Crippen LogP contribution in [-0.4, -0.2) is 88.6 Å². The third-order valence-corrected chi connectivity index (χ3v) is 5.57. The molecule has 1 saturated heterocycles. The standard InChI is InChI=1S/C23H33N5O4/c1-26(2)11-10-24-22(29)23(30)25-17-20(21-5-4-16-32-21)28-14-12-27(13-15-28)18-6-8-19(31-3)9-7-18/h4-9,16,20H,10-15,17H2,1-3H3,(H,24,29)(H,25,30). The smallest absolute Gasteiger partial charge is 0.309 e. The van der Waals surface area contributed by atoms with Crippen molar-refractivity contribution in [2.45, 2.75) is 6.04 Å². The first-order valence-corrected chi connectivity index (χ1v) is 10.8. The van der Waals surface area contributed by atoms with E-state index in [1.807, 2.05) is 43.3 Å². The maximum atomic E-state index is 12.3. The fourth-order valence-electron chi connectivity index (χ4n) is 3.72. The van der Waals surface area contributed by atoms with Gasteiger partial charge in [0.05, 0.1) is 19.4 Å². The lowest BCUT2D eigenvalue weighted by Crippen LogP contribution is -2.51. The molecule has 2 amide bonds. The second-order valence-corrected chi connectivity index (χ2v) is 8.02. The Morgan fingerprint density at radius 2 is 1.75 bits per heavy atom. The van der Waals surface area contributed by atoms with E-state index in [1.54, 1.807) is 13.4 Å². The summed E-state index contributed by atoms with van der Waals surface area (Å²) >= 11 is 0. The molecule has 2 heterocycles. The van der Waals surface area contributed by atoms with E-state index in [0.717, 1.165) is 43.4 Å². The van der Waals surface area contributed by atoms with Gasteiger partial charge in [-0.25, -0.2) is 0 Å². The van der Waals surface area contributed by atoms with Crippen molar-refractivity contribution >= 4 is 17.5 Å². The van der Waals surface area contributed by atoms with Crippen molar-refractivity contribution < 1.29 is 18.7 Å². The molecule has 1 fully saturated rings. The minimum atomic E-state index is -0.628. The average Bonchev–Trinajstić information content (AvgIpc) is 3.34. The van der Waals surface area contributed by atoms with Gasteiger partial charge in [-0.05, 0) is 50.5 Å². The van der Waals surface area contributed by atoms with Crippen molar-refractivity contribution in [2.24, 2.45) is 0 Å². The lowest BCUT2D eigenvalue weighted by Gasteiger charge is -2.39. The third kappa shape index (κ3) is 6.48.